The zero-order valence-electron chi connectivity index (χ0n) is 38.9. The van der Waals surface area contributed by atoms with E-state index in [0.29, 0.717) is 0 Å². The average Bonchev–Trinajstić information content (AvgIpc) is 3.99. The number of hydrogen-bond acceptors (Lipinski definition) is 0. The van der Waals surface area contributed by atoms with Gasteiger partial charge in [0.2, 0.25) is 0 Å². The van der Waals surface area contributed by atoms with Crippen molar-refractivity contribution in [3.8, 4) is 55.6 Å². The lowest BCUT2D eigenvalue weighted by atomic mass is 9.68. The lowest BCUT2D eigenvalue weighted by molar-refractivity contribution is 0.661. The fourth-order valence-electron chi connectivity index (χ4n) is 14.3. The summed E-state index contributed by atoms with van der Waals surface area (Å²) in [5, 5.41) is 15.5. The molecule has 0 unspecified atom stereocenters. The molecule has 70 heavy (non-hydrogen) atoms. The van der Waals surface area contributed by atoms with Gasteiger partial charge in [0.1, 0.15) is 0 Å². The molecule has 0 fully saturated rings. The van der Waals surface area contributed by atoms with Crippen molar-refractivity contribution in [3.63, 3.8) is 0 Å². The molecule has 13 aromatic carbocycles. The van der Waals surface area contributed by atoms with Crippen LogP contribution >= 0.6 is 0 Å². The van der Waals surface area contributed by atoms with Gasteiger partial charge < -0.3 is 0 Å². The lowest BCUT2D eigenvalue weighted by Crippen LogP contribution is -2.26. The summed E-state index contributed by atoms with van der Waals surface area (Å²) in [6.07, 6.45) is 0. The van der Waals surface area contributed by atoms with E-state index in [1.165, 1.54) is 154 Å². The Hall–Kier alpha value is -8.58. The summed E-state index contributed by atoms with van der Waals surface area (Å²) < 4.78 is 0. The number of benzene rings is 13. The highest BCUT2D eigenvalue weighted by molar-refractivity contribution is 6.26. The molecule has 3 aliphatic rings. The van der Waals surface area contributed by atoms with Crippen LogP contribution < -0.4 is 0 Å². The van der Waals surface area contributed by atoms with Gasteiger partial charge in [-0.15, -0.1) is 0 Å². The van der Waals surface area contributed by atoms with E-state index in [2.05, 4.69) is 244 Å². The molecular weight excluding hydrogens is 841 g/mol. The van der Waals surface area contributed by atoms with Gasteiger partial charge in [-0.05, 0) is 166 Å². The van der Waals surface area contributed by atoms with Crippen molar-refractivity contribution < 1.29 is 0 Å². The molecular formula is C70H44. The van der Waals surface area contributed by atoms with Crippen LogP contribution in [0.15, 0.2) is 231 Å². The summed E-state index contributed by atoms with van der Waals surface area (Å²) in [6, 6.07) is 88.0. The SMILES string of the molecule is CC1(C)c2ccccc2-c2c1cc(-c1c3ccccc3c(-c3ccc4c5c(ccc4c3)-c3c(c4ccccc4c4ccccc34)C53c4ccccc4-c4ccccc43)c3ccccc13)c1ccccc21. The molecule has 13 aromatic rings. The van der Waals surface area contributed by atoms with Crippen molar-refractivity contribution in [3.05, 3.63) is 264 Å². The van der Waals surface area contributed by atoms with Crippen LogP contribution in [-0.4, -0.2) is 0 Å². The van der Waals surface area contributed by atoms with Gasteiger partial charge in [-0.25, -0.2) is 0 Å². The molecule has 0 bridgehead atoms. The molecule has 0 heterocycles. The first-order chi connectivity index (χ1) is 34.5. The first-order valence-electron chi connectivity index (χ1n) is 24.8. The van der Waals surface area contributed by atoms with Crippen molar-refractivity contribution >= 4 is 64.6 Å². The first kappa shape index (κ1) is 38.4. The Labute approximate surface area is 406 Å². The molecule has 0 N–H and O–H groups in total. The van der Waals surface area contributed by atoms with E-state index >= 15 is 0 Å². The number of fused-ring (bicyclic) bond motifs is 24. The quantitative estimate of drug-likeness (QED) is 0.120. The molecule has 0 heteroatoms. The Bertz CT molecular complexity index is 4400. The highest BCUT2D eigenvalue weighted by Gasteiger charge is 2.53. The third-order valence-electron chi connectivity index (χ3n) is 17.0. The molecule has 1 spiro atoms. The van der Waals surface area contributed by atoms with E-state index in [-0.39, 0.29) is 5.41 Å². The highest BCUT2D eigenvalue weighted by Crippen LogP contribution is 2.67. The van der Waals surface area contributed by atoms with E-state index in [1.807, 2.05) is 0 Å². The molecule has 0 atom stereocenters. The van der Waals surface area contributed by atoms with Crippen molar-refractivity contribution in [2.45, 2.75) is 24.7 Å². The van der Waals surface area contributed by atoms with Crippen LogP contribution in [0.5, 0.6) is 0 Å². The van der Waals surface area contributed by atoms with Gasteiger partial charge in [-0.2, -0.15) is 0 Å². The summed E-state index contributed by atoms with van der Waals surface area (Å²) in [5.74, 6) is 0. The maximum Gasteiger partial charge on any atom is 0.0737 e. The van der Waals surface area contributed by atoms with Crippen LogP contribution in [0.25, 0.3) is 120 Å². The van der Waals surface area contributed by atoms with E-state index in [1.54, 1.807) is 0 Å². The second-order valence-corrected chi connectivity index (χ2v) is 20.5. The maximum atomic E-state index is 2.54. The van der Waals surface area contributed by atoms with Gasteiger partial charge in [-0.1, -0.05) is 232 Å². The van der Waals surface area contributed by atoms with E-state index in [0.717, 1.165) is 0 Å². The summed E-state index contributed by atoms with van der Waals surface area (Å²) in [7, 11) is 0. The maximum absolute atomic E-state index is 2.54. The Morgan fingerprint density at radius 2 is 0.700 bits per heavy atom. The summed E-state index contributed by atoms with van der Waals surface area (Å²) in [4.78, 5) is 0. The zero-order valence-corrected chi connectivity index (χ0v) is 38.9. The predicted octanol–water partition coefficient (Wildman–Crippen LogP) is 18.6. The standard InChI is InChI=1S/C70H44/c1-69(2)59-32-16-15-31-56(59)65-49-24-6-4-21-46(49)58(40-62(65)69)64-53-28-10-8-26-51(53)63(52-27-9-11-29-54(52)64)42-36-37-43-41(39-42)35-38-57-66-50-25-7-3-19-44(50)45-20-5-12-30-55(45)68(66)70(67(43)57)60-33-17-13-22-47(60)48-23-14-18-34-61(48)70/h3-40H,1-2H3. The Morgan fingerprint density at radius 1 is 0.243 bits per heavy atom. The number of rotatable bonds is 2. The van der Waals surface area contributed by atoms with Gasteiger partial charge in [0.05, 0.1) is 5.41 Å². The van der Waals surface area contributed by atoms with E-state index in [9.17, 15) is 0 Å². The van der Waals surface area contributed by atoms with Gasteiger partial charge in [-0.3, -0.25) is 0 Å². The highest BCUT2D eigenvalue weighted by atomic mass is 14.5. The van der Waals surface area contributed by atoms with E-state index in [4.69, 9.17) is 0 Å². The fourth-order valence-corrected chi connectivity index (χ4v) is 14.3. The first-order valence-corrected chi connectivity index (χ1v) is 24.8. The molecule has 0 amide bonds. The minimum atomic E-state index is -0.516. The molecule has 324 valence electrons. The predicted molar refractivity (Wildman–Crippen MR) is 296 cm³/mol. The molecule has 0 saturated carbocycles. The molecule has 0 radical (unpaired) electrons. The van der Waals surface area contributed by atoms with Crippen LogP contribution in [0.3, 0.4) is 0 Å². The number of hydrogen-bond donors (Lipinski definition) is 0. The van der Waals surface area contributed by atoms with Gasteiger partial charge >= 0.3 is 0 Å². The van der Waals surface area contributed by atoms with Crippen LogP contribution in [0.4, 0.5) is 0 Å². The van der Waals surface area contributed by atoms with Gasteiger partial charge in [0, 0.05) is 5.41 Å². The van der Waals surface area contributed by atoms with Crippen LogP contribution in [-0.2, 0) is 10.8 Å². The molecule has 0 aliphatic heterocycles. The van der Waals surface area contributed by atoms with Crippen LogP contribution in [0.1, 0.15) is 47.2 Å². The van der Waals surface area contributed by atoms with Gasteiger partial charge in [0.15, 0.2) is 0 Å². The molecule has 0 saturated heterocycles. The second kappa shape index (κ2) is 13.6. The lowest BCUT2D eigenvalue weighted by Gasteiger charge is -2.32. The Kier molecular flexibility index (Phi) is 7.44. The summed E-state index contributed by atoms with van der Waals surface area (Å²) in [5.41, 5.74) is 20.9. The third-order valence-corrected chi connectivity index (χ3v) is 17.0. The Balaban J connectivity index is 0.986. The topological polar surface area (TPSA) is 0 Å². The average molecular weight is 885 g/mol. The molecule has 16 rings (SSSR count). The third kappa shape index (κ3) is 4.62. The van der Waals surface area contributed by atoms with Crippen molar-refractivity contribution in [1.29, 1.82) is 0 Å². The summed E-state index contributed by atoms with van der Waals surface area (Å²) in [6.45, 7) is 4.81. The van der Waals surface area contributed by atoms with Crippen LogP contribution in [0, 0.1) is 0 Å². The van der Waals surface area contributed by atoms with Crippen molar-refractivity contribution in [2.75, 3.05) is 0 Å². The minimum Gasteiger partial charge on any atom is -0.0619 e. The molecule has 0 aromatic heterocycles. The largest absolute Gasteiger partial charge is 0.0737 e. The monoisotopic (exact) mass is 884 g/mol. The van der Waals surface area contributed by atoms with Crippen molar-refractivity contribution in [2.24, 2.45) is 0 Å². The summed E-state index contributed by atoms with van der Waals surface area (Å²) >= 11 is 0. The molecule has 3 aliphatic carbocycles. The normalized spacial score (nSPS) is 14.4. The second-order valence-electron chi connectivity index (χ2n) is 20.5. The van der Waals surface area contributed by atoms with E-state index < -0.39 is 5.41 Å². The Morgan fingerprint density at radius 3 is 1.31 bits per heavy atom. The minimum absolute atomic E-state index is 0.135. The van der Waals surface area contributed by atoms with Crippen LogP contribution in [0.2, 0.25) is 0 Å². The zero-order chi connectivity index (χ0) is 46.0. The molecule has 0 nitrogen and oxygen atoms in total. The fraction of sp³-hybridized carbons (Fsp3) is 0.0571. The van der Waals surface area contributed by atoms with Crippen molar-refractivity contribution in [1.82, 2.24) is 0 Å². The van der Waals surface area contributed by atoms with Gasteiger partial charge in [0.25, 0.3) is 0 Å². The smallest absolute Gasteiger partial charge is 0.0619 e.